The first-order valence-electron chi connectivity index (χ1n) is 6.85. The second-order valence-electron chi connectivity index (χ2n) is 5.31. The fourth-order valence-electron chi connectivity index (χ4n) is 2.57. The third-order valence-corrected chi connectivity index (χ3v) is 4.48. The SMILES string of the molecule is Nc1cc(Br)ccc1C(=O)c1cccc(C2CCC2)c1. The van der Waals surface area contributed by atoms with Crippen molar-refractivity contribution in [1.82, 2.24) is 0 Å². The zero-order valence-electron chi connectivity index (χ0n) is 11.1. The van der Waals surface area contributed by atoms with Crippen molar-refractivity contribution in [3.8, 4) is 0 Å². The fourth-order valence-corrected chi connectivity index (χ4v) is 2.95. The number of nitrogen functional groups attached to an aromatic ring is 1. The summed E-state index contributed by atoms with van der Waals surface area (Å²) in [5, 5.41) is 0. The lowest BCUT2D eigenvalue weighted by molar-refractivity contribution is 0.103. The Bertz CT molecular complexity index is 662. The van der Waals surface area contributed by atoms with Crippen LogP contribution in [0.1, 0.15) is 46.7 Å². The highest BCUT2D eigenvalue weighted by atomic mass is 79.9. The number of rotatable bonds is 3. The van der Waals surface area contributed by atoms with E-state index in [9.17, 15) is 4.79 Å². The van der Waals surface area contributed by atoms with E-state index in [1.807, 2.05) is 24.3 Å². The molecule has 0 bridgehead atoms. The van der Waals surface area contributed by atoms with E-state index in [4.69, 9.17) is 5.73 Å². The van der Waals surface area contributed by atoms with Gasteiger partial charge in [-0.05, 0) is 48.6 Å². The molecule has 1 aliphatic rings. The van der Waals surface area contributed by atoms with Crippen LogP contribution in [-0.4, -0.2) is 5.78 Å². The minimum Gasteiger partial charge on any atom is -0.398 e. The van der Waals surface area contributed by atoms with Gasteiger partial charge in [0.1, 0.15) is 0 Å². The zero-order chi connectivity index (χ0) is 14.1. The van der Waals surface area contributed by atoms with Crippen molar-refractivity contribution in [2.24, 2.45) is 0 Å². The molecule has 0 radical (unpaired) electrons. The molecule has 0 amide bonds. The molecular weight excluding hydrogens is 314 g/mol. The second-order valence-corrected chi connectivity index (χ2v) is 6.23. The number of halogens is 1. The molecule has 102 valence electrons. The van der Waals surface area contributed by atoms with Crippen LogP contribution in [0.4, 0.5) is 5.69 Å². The van der Waals surface area contributed by atoms with E-state index >= 15 is 0 Å². The van der Waals surface area contributed by atoms with Crippen molar-refractivity contribution < 1.29 is 4.79 Å². The van der Waals surface area contributed by atoms with E-state index in [-0.39, 0.29) is 5.78 Å². The Morgan fingerprint density at radius 1 is 1.15 bits per heavy atom. The molecule has 2 N–H and O–H groups in total. The largest absolute Gasteiger partial charge is 0.398 e. The van der Waals surface area contributed by atoms with E-state index in [0.717, 1.165) is 10.0 Å². The number of carbonyl (C=O) groups excluding carboxylic acids is 1. The van der Waals surface area contributed by atoms with Gasteiger partial charge in [0, 0.05) is 21.3 Å². The number of ketones is 1. The van der Waals surface area contributed by atoms with Gasteiger partial charge in [0.05, 0.1) is 0 Å². The molecule has 3 rings (SSSR count). The highest BCUT2D eigenvalue weighted by Gasteiger charge is 2.21. The smallest absolute Gasteiger partial charge is 0.195 e. The molecule has 0 atom stereocenters. The van der Waals surface area contributed by atoms with Crippen molar-refractivity contribution in [2.75, 3.05) is 5.73 Å². The lowest BCUT2D eigenvalue weighted by Crippen LogP contribution is -2.10. The topological polar surface area (TPSA) is 43.1 Å². The van der Waals surface area contributed by atoms with Gasteiger partial charge in [0.15, 0.2) is 5.78 Å². The maximum Gasteiger partial charge on any atom is 0.195 e. The number of anilines is 1. The van der Waals surface area contributed by atoms with Crippen LogP contribution >= 0.6 is 15.9 Å². The van der Waals surface area contributed by atoms with Gasteiger partial charge in [0.2, 0.25) is 0 Å². The summed E-state index contributed by atoms with van der Waals surface area (Å²) in [4.78, 5) is 12.6. The molecule has 0 spiro atoms. The van der Waals surface area contributed by atoms with Crippen LogP contribution < -0.4 is 5.73 Å². The minimum atomic E-state index is -0.00354. The average Bonchev–Trinajstić information content (AvgIpc) is 2.36. The number of hydrogen-bond acceptors (Lipinski definition) is 2. The van der Waals surface area contributed by atoms with Crippen molar-refractivity contribution in [2.45, 2.75) is 25.2 Å². The molecule has 0 heterocycles. The predicted molar refractivity (Wildman–Crippen MR) is 85.0 cm³/mol. The summed E-state index contributed by atoms with van der Waals surface area (Å²) in [7, 11) is 0. The molecular formula is C17H16BrNO. The Morgan fingerprint density at radius 3 is 2.60 bits per heavy atom. The van der Waals surface area contributed by atoms with Crippen molar-refractivity contribution in [3.05, 3.63) is 63.6 Å². The first kappa shape index (κ1) is 13.4. The summed E-state index contributed by atoms with van der Waals surface area (Å²) in [6.07, 6.45) is 3.76. The molecule has 0 unspecified atom stereocenters. The number of hydrogen-bond donors (Lipinski definition) is 1. The molecule has 0 saturated heterocycles. The number of carbonyl (C=O) groups is 1. The highest BCUT2D eigenvalue weighted by molar-refractivity contribution is 9.10. The monoisotopic (exact) mass is 329 g/mol. The van der Waals surface area contributed by atoms with Gasteiger partial charge >= 0.3 is 0 Å². The van der Waals surface area contributed by atoms with Crippen LogP contribution in [0.5, 0.6) is 0 Å². The molecule has 2 aromatic carbocycles. The molecule has 2 nitrogen and oxygen atoms in total. The Morgan fingerprint density at radius 2 is 1.95 bits per heavy atom. The molecule has 1 aliphatic carbocycles. The maximum absolute atomic E-state index is 12.6. The Kier molecular flexibility index (Phi) is 3.62. The van der Waals surface area contributed by atoms with Gasteiger partial charge in [-0.1, -0.05) is 40.5 Å². The Balaban J connectivity index is 1.93. The summed E-state index contributed by atoms with van der Waals surface area (Å²) in [6.45, 7) is 0. The first-order valence-corrected chi connectivity index (χ1v) is 7.64. The van der Waals surface area contributed by atoms with Gasteiger partial charge in [-0.25, -0.2) is 0 Å². The molecule has 0 aromatic heterocycles. The summed E-state index contributed by atoms with van der Waals surface area (Å²) in [5.74, 6) is 0.626. The quantitative estimate of drug-likeness (QED) is 0.664. The molecule has 1 saturated carbocycles. The first-order chi connectivity index (χ1) is 9.65. The second kappa shape index (κ2) is 5.41. The average molecular weight is 330 g/mol. The predicted octanol–water partition coefficient (Wildman–Crippen LogP) is 4.53. The van der Waals surface area contributed by atoms with E-state index < -0.39 is 0 Å². The fraction of sp³-hybridized carbons (Fsp3) is 0.235. The van der Waals surface area contributed by atoms with Crippen LogP contribution in [0.15, 0.2) is 46.9 Å². The summed E-state index contributed by atoms with van der Waals surface area (Å²) in [6, 6.07) is 13.4. The van der Waals surface area contributed by atoms with Crippen LogP contribution in [0.3, 0.4) is 0 Å². The minimum absolute atomic E-state index is 0.00354. The summed E-state index contributed by atoms with van der Waals surface area (Å²) in [5.41, 5.74) is 9.03. The van der Waals surface area contributed by atoms with Crippen LogP contribution in [0.25, 0.3) is 0 Å². The number of nitrogens with two attached hydrogens (primary N) is 1. The van der Waals surface area contributed by atoms with Gasteiger partial charge in [-0.3, -0.25) is 4.79 Å². The van der Waals surface area contributed by atoms with Gasteiger partial charge in [0.25, 0.3) is 0 Å². The van der Waals surface area contributed by atoms with Crippen molar-refractivity contribution in [1.29, 1.82) is 0 Å². The highest BCUT2D eigenvalue weighted by Crippen LogP contribution is 2.36. The summed E-state index contributed by atoms with van der Waals surface area (Å²) >= 11 is 3.36. The molecule has 20 heavy (non-hydrogen) atoms. The lowest BCUT2D eigenvalue weighted by Gasteiger charge is -2.26. The van der Waals surface area contributed by atoms with Crippen molar-refractivity contribution in [3.63, 3.8) is 0 Å². The Labute approximate surface area is 127 Å². The number of benzene rings is 2. The lowest BCUT2D eigenvalue weighted by atomic mass is 9.79. The summed E-state index contributed by atoms with van der Waals surface area (Å²) < 4.78 is 0.884. The standard InChI is InChI=1S/C17H16BrNO/c18-14-7-8-15(16(19)10-14)17(20)13-6-2-5-12(9-13)11-3-1-4-11/h2,5-11H,1,3-4,19H2. The van der Waals surface area contributed by atoms with Crippen molar-refractivity contribution >= 4 is 27.4 Å². The Hall–Kier alpha value is -1.61. The maximum atomic E-state index is 12.6. The van der Waals surface area contributed by atoms with E-state index in [0.29, 0.717) is 17.2 Å². The normalized spacial score (nSPS) is 14.8. The van der Waals surface area contributed by atoms with Gasteiger partial charge < -0.3 is 5.73 Å². The van der Waals surface area contributed by atoms with Gasteiger partial charge in [-0.2, -0.15) is 0 Å². The molecule has 2 aromatic rings. The van der Waals surface area contributed by atoms with Crippen LogP contribution in [0, 0.1) is 0 Å². The third kappa shape index (κ3) is 2.50. The molecule has 0 aliphatic heterocycles. The molecule has 3 heteroatoms. The van der Waals surface area contributed by atoms with Crippen LogP contribution in [-0.2, 0) is 0 Å². The van der Waals surface area contributed by atoms with E-state index in [2.05, 4.69) is 22.0 Å². The van der Waals surface area contributed by atoms with Crippen LogP contribution in [0.2, 0.25) is 0 Å². The molecule has 1 fully saturated rings. The zero-order valence-corrected chi connectivity index (χ0v) is 12.7. The van der Waals surface area contributed by atoms with E-state index in [1.54, 1.807) is 12.1 Å². The van der Waals surface area contributed by atoms with E-state index in [1.165, 1.54) is 24.8 Å². The van der Waals surface area contributed by atoms with Gasteiger partial charge in [-0.15, -0.1) is 0 Å². The third-order valence-electron chi connectivity index (χ3n) is 3.98.